The lowest BCUT2D eigenvalue weighted by Gasteiger charge is -2.32. The maximum atomic E-state index is 13.3. The molecule has 0 aliphatic carbocycles. The Morgan fingerprint density at radius 3 is 2.35 bits per heavy atom. The van der Waals surface area contributed by atoms with Gasteiger partial charge in [-0.2, -0.15) is 0 Å². The van der Waals surface area contributed by atoms with E-state index in [9.17, 15) is 14.4 Å². The van der Waals surface area contributed by atoms with Gasteiger partial charge in [0.1, 0.15) is 5.82 Å². The number of anilines is 2. The summed E-state index contributed by atoms with van der Waals surface area (Å²) in [5.41, 5.74) is 3.26. The molecule has 4 rings (SSSR count). The molecule has 1 aliphatic rings. The van der Waals surface area contributed by atoms with E-state index in [1.807, 2.05) is 29.2 Å². The van der Waals surface area contributed by atoms with E-state index >= 15 is 0 Å². The van der Waals surface area contributed by atoms with Crippen LogP contribution in [-0.2, 0) is 9.59 Å². The molecule has 0 unspecified atom stereocenters. The number of fused-ring (bicyclic) bond motifs is 1. The summed E-state index contributed by atoms with van der Waals surface area (Å²) in [4.78, 5) is 46.2. The zero-order valence-electron chi connectivity index (χ0n) is 17.6. The highest BCUT2D eigenvalue weighted by Gasteiger charge is 2.28. The third-order valence-electron chi connectivity index (χ3n) is 5.32. The van der Waals surface area contributed by atoms with Crippen LogP contribution in [0, 0.1) is 0 Å². The third-order valence-corrected chi connectivity index (χ3v) is 5.32. The number of carbonyl (C=O) groups is 3. The Labute approximate surface area is 180 Å². The summed E-state index contributed by atoms with van der Waals surface area (Å²) >= 11 is 0. The van der Waals surface area contributed by atoms with Gasteiger partial charge in [0.2, 0.25) is 11.8 Å². The molecule has 3 N–H and O–H groups in total. The number of rotatable bonds is 4. The fourth-order valence-corrected chi connectivity index (χ4v) is 4.04. The van der Waals surface area contributed by atoms with E-state index in [0.717, 1.165) is 29.7 Å². The first-order chi connectivity index (χ1) is 14.9. The van der Waals surface area contributed by atoms with E-state index < -0.39 is 0 Å². The number of aromatic amines is 1. The van der Waals surface area contributed by atoms with Gasteiger partial charge in [-0.3, -0.25) is 14.4 Å². The van der Waals surface area contributed by atoms with Crippen molar-refractivity contribution in [1.29, 1.82) is 0 Å². The largest absolute Gasteiger partial charge is 0.342 e. The molecule has 160 valence electrons. The van der Waals surface area contributed by atoms with Gasteiger partial charge in [0.05, 0.1) is 11.0 Å². The number of aromatic nitrogens is 2. The molecule has 3 amide bonds. The molecule has 8 nitrogen and oxygen atoms in total. The summed E-state index contributed by atoms with van der Waals surface area (Å²) in [7, 11) is 0. The van der Waals surface area contributed by atoms with Crippen molar-refractivity contribution >= 4 is 40.1 Å². The number of para-hydroxylation sites is 2. The zero-order chi connectivity index (χ0) is 22.0. The Hall–Kier alpha value is -3.68. The fraction of sp³-hybridized carbons (Fsp3) is 0.304. The standard InChI is InChI=1S/C23H25N5O3/c1-14(29)24-18-10-17(11-19(12-18)25-15(2)30)23(31)28-9-5-6-16(13-28)22-26-20-7-3-4-8-21(20)27-22/h3-4,7-8,10-12,16H,5-6,9,13H2,1-2H3,(H,24,29)(H,25,30)(H,26,27)/t16-/m0/s1. The van der Waals surface area contributed by atoms with Crippen LogP contribution in [0.2, 0.25) is 0 Å². The minimum absolute atomic E-state index is 0.124. The lowest BCUT2D eigenvalue weighted by molar-refractivity contribution is -0.115. The van der Waals surface area contributed by atoms with Gasteiger partial charge in [0.15, 0.2) is 0 Å². The van der Waals surface area contributed by atoms with Crippen molar-refractivity contribution in [2.45, 2.75) is 32.6 Å². The highest BCUT2D eigenvalue weighted by Crippen LogP contribution is 2.28. The molecule has 1 aliphatic heterocycles. The van der Waals surface area contributed by atoms with Gasteiger partial charge in [0, 0.05) is 49.8 Å². The number of amides is 3. The highest BCUT2D eigenvalue weighted by molar-refractivity contribution is 6.00. The van der Waals surface area contributed by atoms with Crippen LogP contribution in [0.1, 0.15) is 48.8 Å². The first-order valence-electron chi connectivity index (χ1n) is 10.3. The van der Waals surface area contributed by atoms with Crippen molar-refractivity contribution in [3.8, 4) is 0 Å². The number of hydrogen-bond donors (Lipinski definition) is 3. The summed E-state index contributed by atoms with van der Waals surface area (Å²) in [6, 6.07) is 12.8. The maximum absolute atomic E-state index is 13.3. The van der Waals surface area contributed by atoms with Crippen molar-refractivity contribution in [3.05, 3.63) is 53.9 Å². The van der Waals surface area contributed by atoms with Crippen LogP contribution >= 0.6 is 0 Å². The molecule has 3 aromatic rings. The first-order valence-corrected chi connectivity index (χ1v) is 10.3. The molecule has 0 radical (unpaired) electrons. The molecule has 2 aromatic carbocycles. The molecule has 8 heteroatoms. The second kappa shape index (κ2) is 8.59. The van der Waals surface area contributed by atoms with Gasteiger partial charge >= 0.3 is 0 Å². The number of hydrogen-bond acceptors (Lipinski definition) is 4. The second-order valence-corrected chi connectivity index (χ2v) is 7.89. The lowest BCUT2D eigenvalue weighted by Crippen LogP contribution is -2.39. The normalized spacial score (nSPS) is 16.2. The average molecular weight is 419 g/mol. The minimum Gasteiger partial charge on any atom is -0.342 e. The summed E-state index contributed by atoms with van der Waals surface area (Å²) in [5.74, 6) is 0.380. The monoisotopic (exact) mass is 419 g/mol. The number of nitrogens with zero attached hydrogens (tertiary/aromatic N) is 2. The van der Waals surface area contributed by atoms with E-state index in [1.165, 1.54) is 13.8 Å². The highest BCUT2D eigenvalue weighted by atomic mass is 16.2. The SMILES string of the molecule is CC(=O)Nc1cc(NC(C)=O)cc(C(=O)N2CCC[C@H](c3nc4ccccc4[nH]3)C2)c1. The number of piperidine rings is 1. The molecule has 1 atom stereocenters. The number of carbonyl (C=O) groups excluding carboxylic acids is 3. The molecule has 1 aromatic heterocycles. The molecule has 31 heavy (non-hydrogen) atoms. The van der Waals surface area contributed by atoms with Crippen LogP contribution in [-0.4, -0.2) is 45.7 Å². The predicted molar refractivity (Wildman–Crippen MR) is 119 cm³/mol. The molecule has 0 spiro atoms. The fourth-order valence-electron chi connectivity index (χ4n) is 4.04. The molecule has 0 bridgehead atoms. The van der Waals surface area contributed by atoms with Gasteiger partial charge in [-0.15, -0.1) is 0 Å². The zero-order valence-corrected chi connectivity index (χ0v) is 17.6. The lowest BCUT2D eigenvalue weighted by atomic mass is 9.96. The number of likely N-dealkylation sites (tertiary alicyclic amines) is 1. The second-order valence-electron chi connectivity index (χ2n) is 7.89. The molecular weight excluding hydrogens is 394 g/mol. The molecule has 0 saturated carbocycles. The Balaban J connectivity index is 1.57. The molecule has 2 heterocycles. The van der Waals surface area contributed by atoms with Gasteiger partial charge < -0.3 is 20.5 Å². The topological polar surface area (TPSA) is 107 Å². The quantitative estimate of drug-likeness (QED) is 0.602. The predicted octanol–water partition coefficient (Wildman–Crippen LogP) is 3.50. The Kier molecular flexibility index (Phi) is 5.70. The number of imidazole rings is 1. The van der Waals surface area contributed by atoms with Crippen LogP contribution in [0.15, 0.2) is 42.5 Å². The van der Waals surface area contributed by atoms with Crippen LogP contribution in [0.5, 0.6) is 0 Å². The maximum Gasteiger partial charge on any atom is 0.254 e. The van der Waals surface area contributed by atoms with E-state index in [4.69, 9.17) is 4.98 Å². The summed E-state index contributed by atoms with van der Waals surface area (Å²) < 4.78 is 0. The minimum atomic E-state index is -0.249. The van der Waals surface area contributed by atoms with Crippen LogP contribution < -0.4 is 10.6 Å². The Morgan fingerprint density at radius 1 is 1.03 bits per heavy atom. The van der Waals surface area contributed by atoms with Gasteiger partial charge in [0.25, 0.3) is 5.91 Å². The molecule has 1 saturated heterocycles. The van der Waals surface area contributed by atoms with E-state index in [0.29, 0.717) is 30.0 Å². The molecular formula is C23H25N5O3. The third kappa shape index (κ3) is 4.74. The van der Waals surface area contributed by atoms with Crippen LogP contribution in [0.4, 0.5) is 11.4 Å². The number of nitrogens with one attached hydrogen (secondary N) is 3. The van der Waals surface area contributed by atoms with E-state index in [1.54, 1.807) is 18.2 Å². The first kappa shape index (κ1) is 20.6. The van der Waals surface area contributed by atoms with E-state index in [2.05, 4.69) is 15.6 Å². The van der Waals surface area contributed by atoms with Gasteiger partial charge in [-0.05, 0) is 43.2 Å². The van der Waals surface area contributed by atoms with Crippen molar-refractivity contribution in [3.63, 3.8) is 0 Å². The van der Waals surface area contributed by atoms with Crippen molar-refractivity contribution in [1.82, 2.24) is 14.9 Å². The smallest absolute Gasteiger partial charge is 0.254 e. The van der Waals surface area contributed by atoms with Crippen molar-refractivity contribution < 1.29 is 14.4 Å². The van der Waals surface area contributed by atoms with Gasteiger partial charge in [-0.1, -0.05) is 12.1 Å². The summed E-state index contributed by atoms with van der Waals surface area (Å²) in [6.45, 7) is 4.00. The Morgan fingerprint density at radius 2 is 1.71 bits per heavy atom. The summed E-state index contributed by atoms with van der Waals surface area (Å²) in [6.07, 6.45) is 1.82. The van der Waals surface area contributed by atoms with Crippen molar-refractivity contribution in [2.24, 2.45) is 0 Å². The van der Waals surface area contributed by atoms with Crippen LogP contribution in [0.25, 0.3) is 11.0 Å². The number of benzene rings is 2. The number of H-pyrrole nitrogens is 1. The molecule has 1 fully saturated rings. The summed E-state index contributed by atoms with van der Waals surface area (Å²) in [5, 5.41) is 5.38. The van der Waals surface area contributed by atoms with Crippen LogP contribution in [0.3, 0.4) is 0 Å². The van der Waals surface area contributed by atoms with Gasteiger partial charge in [-0.25, -0.2) is 4.98 Å². The average Bonchev–Trinajstić information content (AvgIpc) is 3.16. The van der Waals surface area contributed by atoms with Crippen molar-refractivity contribution in [2.75, 3.05) is 23.7 Å². The van der Waals surface area contributed by atoms with E-state index in [-0.39, 0.29) is 23.6 Å². The Bertz CT molecular complexity index is 1090.